The van der Waals surface area contributed by atoms with Crippen molar-refractivity contribution in [1.29, 1.82) is 0 Å². The maximum absolute atomic E-state index is 13.8. The van der Waals surface area contributed by atoms with E-state index >= 15 is 0 Å². The molecule has 20 heavy (non-hydrogen) atoms. The quantitative estimate of drug-likeness (QED) is 0.676. The molecule has 1 aromatic carbocycles. The first-order chi connectivity index (χ1) is 9.31. The van der Waals surface area contributed by atoms with Crippen molar-refractivity contribution in [2.45, 2.75) is 18.4 Å². The Morgan fingerprint density at radius 1 is 1.55 bits per heavy atom. The maximum atomic E-state index is 13.8. The zero-order valence-electron chi connectivity index (χ0n) is 10.1. The lowest BCUT2D eigenvalue weighted by Gasteiger charge is -2.28. The topological polar surface area (TPSA) is 90.8 Å². The highest BCUT2D eigenvalue weighted by atomic mass is 19.3. The summed E-state index contributed by atoms with van der Waals surface area (Å²) in [5.41, 5.74) is 4.22. The summed E-state index contributed by atoms with van der Waals surface area (Å²) < 4.78 is 45.4. The highest BCUT2D eigenvalue weighted by Crippen LogP contribution is 2.30. The molecular formula is C11H10F3N3O3. The van der Waals surface area contributed by atoms with Crippen LogP contribution in [0.2, 0.25) is 0 Å². The molecular weight excluding hydrogens is 279 g/mol. The van der Waals surface area contributed by atoms with Crippen molar-refractivity contribution in [3.8, 4) is 0 Å². The van der Waals surface area contributed by atoms with E-state index in [4.69, 9.17) is 5.73 Å². The number of benzene rings is 1. The zero-order valence-corrected chi connectivity index (χ0v) is 10.1. The Balaban J connectivity index is 2.32. The number of amidine groups is 1. The van der Waals surface area contributed by atoms with Gasteiger partial charge in [0, 0.05) is 12.5 Å². The molecule has 0 spiro atoms. The van der Waals surface area contributed by atoms with E-state index in [0.717, 1.165) is 6.07 Å². The number of rotatable bonds is 3. The van der Waals surface area contributed by atoms with Crippen molar-refractivity contribution < 1.29 is 22.8 Å². The first-order valence-electron chi connectivity index (χ1n) is 5.57. The predicted octanol–water partition coefficient (Wildman–Crippen LogP) is 1.63. The molecule has 0 radical (unpaired) electrons. The largest absolute Gasteiger partial charge is 0.459 e. The highest BCUT2D eigenvalue weighted by Gasteiger charge is 2.44. The van der Waals surface area contributed by atoms with Gasteiger partial charge in [0.05, 0.1) is 4.92 Å². The number of halogens is 3. The molecule has 0 bridgehead atoms. The third-order valence-corrected chi connectivity index (χ3v) is 2.85. The van der Waals surface area contributed by atoms with Crippen LogP contribution in [-0.2, 0) is 11.2 Å². The van der Waals surface area contributed by atoms with Gasteiger partial charge in [-0.25, -0.2) is 13.8 Å². The van der Waals surface area contributed by atoms with Crippen LogP contribution in [0.5, 0.6) is 0 Å². The van der Waals surface area contributed by atoms with Gasteiger partial charge in [-0.15, -0.1) is 0 Å². The van der Waals surface area contributed by atoms with Gasteiger partial charge >= 0.3 is 11.6 Å². The minimum atomic E-state index is -3.32. The van der Waals surface area contributed by atoms with Crippen LogP contribution in [-0.4, -0.2) is 29.5 Å². The van der Waals surface area contributed by atoms with Gasteiger partial charge in [-0.3, -0.25) is 10.1 Å². The molecule has 0 fully saturated rings. The molecule has 0 unspecified atom stereocenters. The fourth-order valence-electron chi connectivity index (χ4n) is 1.82. The van der Waals surface area contributed by atoms with Crippen LogP contribution in [0.15, 0.2) is 23.2 Å². The van der Waals surface area contributed by atoms with E-state index in [9.17, 15) is 23.3 Å². The van der Waals surface area contributed by atoms with Gasteiger partial charge in [-0.05, 0) is 5.56 Å². The Labute approximate surface area is 111 Å². The van der Waals surface area contributed by atoms with E-state index in [2.05, 4.69) is 9.73 Å². The number of aliphatic imine (C=N–C) groups is 1. The van der Waals surface area contributed by atoms with Crippen LogP contribution in [0, 0.1) is 15.9 Å². The molecule has 9 heteroatoms. The predicted molar refractivity (Wildman–Crippen MR) is 63.1 cm³/mol. The summed E-state index contributed by atoms with van der Waals surface area (Å²) in [7, 11) is 0. The molecule has 0 saturated carbocycles. The fraction of sp³-hybridized carbons (Fsp3) is 0.364. The first-order valence-corrected chi connectivity index (χ1v) is 5.57. The lowest BCUT2D eigenvalue weighted by molar-refractivity contribution is -0.387. The Morgan fingerprint density at radius 3 is 2.90 bits per heavy atom. The Kier molecular flexibility index (Phi) is 3.51. The lowest BCUT2D eigenvalue weighted by Crippen LogP contribution is -2.45. The summed E-state index contributed by atoms with van der Waals surface area (Å²) in [6.45, 7) is -0.955. The van der Waals surface area contributed by atoms with Gasteiger partial charge in [-0.2, -0.15) is 4.39 Å². The van der Waals surface area contributed by atoms with Crippen molar-refractivity contribution in [3.63, 3.8) is 0 Å². The summed E-state index contributed by atoms with van der Waals surface area (Å²) in [6.07, 6.45) is -0.509. The summed E-state index contributed by atoms with van der Waals surface area (Å²) in [4.78, 5) is 13.1. The van der Waals surface area contributed by atoms with Crippen LogP contribution in [0.25, 0.3) is 0 Å². The van der Waals surface area contributed by atoms with Gasteiger partial charge in [0.2, 0.25) is 5.82 Å². The van der Waals surface area contributed by atoms with Crippen molar-refractivity contribution in [2.75, 3.05) is 6.61 Å². The molecule has 2 rings (SSSR count). The average molecular weight is 289 g/mol. The molecule has 0 saturated heterocycles. The molecule has 1 aliphatic rings. The van der Waals surface area contributed by atoms with Crippen LogP contribution in [0.3, 0.4) is 0 Å². The monoisotopic (exact) mass is 289 g/mol. The average Bonchev–Trinajstić information content (AvgIpc) is 2.36. The molecule has 1 aliphatic heterocycles. The molecule has 108 valence electrons. The number of hydrogen-bond acceptors (Lipinski definition) is 5. The van der Waals surface area contributed by atoms with Gasteiger partial charge in [0.25, 0.3) is 6.02 Å². The highest BCUT2D eigenvalue weighted by molar-refractivity contribution is 5.72. The lowest BCUT2D eigenvalue weighted by atomic mass is 10.00. The number of nitro groups is 1. The standard InChI is InChI=1S/C11H10F3N3O3/c12-9-6(2-1-3-7(9)17(18)19)4-8-11(13,14)5-20-10(15)16-8/h1-3,8H,4-5H2,(H2,15,16)/t8-/m1/s1. The van der Waals surface area contributed by atoms with Gasteiger partial charge in [0.15, 0.2) is 6.61 Å². The third kappa shape index (κ3) is 2.65. The van der Waals surface area contributed by atoms with E-state index in [1.807, 2.05) is 0 Å². The Bertz CT molecular complexity index is 577. The second kappa shape index (κ2) is 4.99. The summed E-state index contributed by atoms with van der Waals surface area (Å²) >= 11 is 0. The van der Waals surface area contributed by atoms with Crippen LogP contribution in [0.1, 0.15) is 5.56 Å². The van der Waals surface area contributed by atoms with Crippen LogP contribution >= 0.6 is 0 Å². The molecule has 2 N–H and O–H groups in total. The van der Waals surface area contributed by atoms with Crippen LogP contribution in [0.4, 0.5) is 18.9 Å². The summed E-state index contributed by atoms with van der Waals surface area (Å²) in [5.74, 6) is -4.46. The van der Waals surface area contributed by atoms with Crippen LogP contribution < -0.4 is 5.73 Å². The maximum Gasteiger partial charge on any atom is 0.305 e. The molecule has 6 nitrogen and oxygen atoms in total. The van der Waals surface area contributed by atoms with Gasteiger partial charge < -0.3 is 10.5 Å². The molecule has 1 aromatic rings. The van der Waals surface area contributed by atoms with E-state index in [0.29, 0.717) is 0 Å². The number of nitrogens with zero attached hydrogens (tertiary/aromatic N) is 2. The Hall–Kier alpha value is -2.32. The third-order valence-electron chi connectivity index (χ3n) is 2.85. The van der Waals surface area contributed by atoms with E-state index < -0.39 is 47.4 Å². The molecule has 0 aliphatic carbocycles. The first kappa shape index (κ1) is 14.1. The number of alkyl halides is 2. The summed E-state index contributed by atoms with van der Waals surface area (Å²) in [5, 5.41) is 10.6. The van der Waals surface area contributed by atoms with Crippen molar-refractivity contribution in [3.05, 3.63) is 39.7 Å². The zero-order chi connectivity index (χ0) is 14.9. The molecule has 1 atom stereocenters. The van der Waals surface area contributed by atoms with Gasteiger partial charge in [0.1, 0.15) is 6.04 Å². The second-order valence-electron chi connectivity index (χ2n) is 4.24. The molecule has 0 aromatic heterocycles. The van der Waals surface area contributed by atoms with E-state index in [1.54, 1.807) is 0 Å². The van der Waals surface area contributed by atoms with Crippen molar-refractivity contribution in [1.82, 2.24) is 0 Å². The smallest absolute Gasteiger partial charge is 0.305 e. The number of hydrogen-bond donors (Lipinski definition) is 1. The fourth-order valence-corrected chi connectivity index (χ4v) is 1.82. The minimum absolute atomic E-state index is 0.220. The summed E-state index contributed by atoms with van der Waals surface area (Å²) in [6, 6.07) is 1.35. The minimum Gasteiger partial charge on any atom is -0.459 e. The second-order valence-corrected chi connectivity index (χ2v) is 4.24. The van der Waals surface area contributed by atoms with Gasteiger partial charge in [-0.1, -0.05) is 12.1 Å². The van der Waals surface area contributed by atoms with Crippen molar-refractivity contribution in [2.24, 2.45) is 10.7 Å². The normalized spacial score (nSPS) is 20.9. The van der Waals surface area contributed by atoms with E-state index in [1.165, 1.54) is 12.1 Å². The SMILES string of the molecule is NC1=N[C@H](Cc2cccc([N+](=O)[O-])c2F)C(F)(F)CO1. The molecule has 1 heterocycles. The Morgan fingerprint density at radius 2 is 2.25 bits per heavy atom. The number of nitrogens with two attached hydrogens (primary N) is 1. The number of nitro benzene ring substituents is 1. The van der Waals surface area contributed by atoms with Crippen molar-refractivity contribution >= 4 is 11.7 Å². The number of ether oxygens (including phenoxy) is 1. The van der Waals surface area contributed by atoms with E-state index in [-0.39, 0.29) is 5.56 Å². The molecule has 0 amide bonds.